The molecule has 0 radical (unpaired) electrons. The highest BCUT2D eigenvalue weighted by atomic mass is 16.5. The van der Waals surface area contributed by atoms with E-state index in [1.165, 1.54) is 12.8 Å². The van der Waals surface area contributed by atoms with Crippen molar-refractivity contribution in [3.8, 4) is 0 Å². The SMILES string of the molecule is O=C(CC1CCCO1)N(CCO)C1CCCC1. The van der Waals surface area contributed by atoms with Crippen LogP contribution in [-0.4, -0.2) is 47.8 Å². The summed E-state index contributed by atoms with van der Waals surface area (Å²) >= 11 is 0. The zero-order valence-electron chi connectivity index (χ0n) is 10.4. The lowest BCUT2D eigenvalue weighted by Crippen LogP contribution is -2.42. The van der Waals surface area contributed by atoms with E-state index in [0.717, 1.165) is 32.3 Å². The molecule has 0 bridgehead atoms. The Balaban J connectivity index is 1.86. The van der Waals surface area contributed by atoms with Gasteiger partial charge in [0.05, 0.1) is 19.1 Å². The second kappa shape index (κ2) is 6.36. The first-order valence-corrected chi connectivity index (χ1v) is 6.83. The van der Waals surface area contributed by atoms with Crippen LogP contribution < -0.4 is 0 Å². The number of carbonyl (C=O) groups excluding carboxylic acids is 1. The monoisotopic (exact) mass is 241 g/mol. The van der Waals surface area contributed by atoms with Crippen molar-refractivity contribution in [2.24, 2.45) is 0 Å². The summed E-state index contributed by atoms with van der Waals surface area (Å²) < 4.78 is 5.50. The summed E-state index contributed by atoms with van der Waals surface area (Å²) in [5, 5.41) is 9.08. The summed E-state index contributed by atoms with van der Waals surface area (Å²) in [4.78, 5) is 14.1. The van der Waals surface area contributed by atoms with Gasteiger partial charge in [-0.1, -0.05) is 12.8 Å². The molecule has 1 saturated carbocycles. The minimum Gasteiger partial charge on any atom is -0.395 e. The minimum atomic E-state index is 0.0633. The lowest BCUT2D eigenvalue weighted by Gasteiger charge is -2.29. The van der Waals surface area contributed by atoms with E-state index in [2.05, 4.69) is 0 Å². The third-order valence-electron chi connectivity index (χ3n) is 3.85. The van der Waals surface area contributed by atoms with E-state index < -0.39 is 0 Å². The highest BCUT2D eigenvalue weighted by Gasteiger charge is 2.28. The molecular formula is C13H23NO3. The Morgan fingerprint density at radius 3 is 2.59 bits per heavy atom. The van der Waals surface area contributed by atoms with Crippen LogP contribution in [0.4, 0.5) is 0 Å². The van der Waals surface area contributed by atoms with Gasteiger partial charge >= 0.3 is 0 Å². The van der Waals surface area contributed by atoms with Crippen molar-refractivity contribution in [3.05, 3.63) is 0 Å². The number of nitrogens with zero attached hydrogens (tertiary/aromatic N) is 1. The predicted molar refractivity (Wildman–Crippen MR) is 64.6 cm³/mol. The van der Waals surface area contributed by atoms with Crippen LogP contribution in [0.15, 0.2) is 0 Å². The van der Waals surface area contributed by atoms with Crippen LogP contribution in [0.3, 0.4) is 0 Å². The van der Waals surface area contributed by atoms with Crippen LogP contribution in [0.1, 0.15) is 44.9 Å². The molecule has 4 nitrogen and oxygen atoms in total. The third kappa shape index (κ3) is 3.42. The minimum absolute atomic E-state index is 0.0633. The Bertz CT molecular complexity index is 245. The topological polar surface area (TPSA) is 49.8 Å². The summed E-state index contributed by atoms with van der Waals surface area (Å²) in [6.45, 7) is 1.34. The molecule has 4 heteroatoms. The number of amides is 1. The average molecular weight is 241 g/mol. The van der Waals surface area contributed by atoms with Crippen molar-refractivity contribution in [3.63, 3.8) is 0 Å². The molecule has 2 fully saturated rings. The molecule has 1 aliphatic heterocycles. The summed E-state index contributed by atoms with van der Waals surface area (Å²) in [6, 6.07) is 0.357. The molecule has 0 aromatic rings. The Morgan fingerprint density at radius 2 is 2.00 bits per heavy atom. The van der Waals surface area contributed by atoms with E-state index in [0.29, 0.717) is 19.0 Å². The largest absolute Gasteiger partial charge is 0.395 e. The van der Waals surface area contributed by atoms with Crippen LogP contribution in [0, 0.1) is 0 Å². The predicted octanol–water partition coefficient (Wildman–Crippen LogP) is 1.32. The van der Waals surface area contributed by atoms with Crippen molar-refractivity contribution < 1.29 is 14.6 Å². The van der Waals surface area contributed by atoms with Crippen LogP contribution in [0.25, 0.3) is 0 Å². The number of rotatable bonds is 5. The molecule has 0 aromatic heterocycles. The molecule has 98 valence electrons. The Morgan fingerprint density at radius 1 is 1.24 bits per heavy atom. The molecule has 1 aliphatic carbocycles. The van der Waals surface area contributed by atoms with Crippen molar-refractivity contribution in [1.82, 2.24) is 4.90 Å². The van der Waals surface area contributed by atoms with Gasteiger partial charge in [-0.3, -0.25) is 4.79 Å². The summed E-state index contributed by atoms with van der Waals surface area (Å²) in [5.74, 6) is 0.165. The maximum Gasteiger partial charge on any atom is 0.225 e. The first kappa shape index (κ1) is 12.8. The molecule has 1 amide bonds. The second-order valence-electron chi connectivity index (χ2n) is 5.09. The molecule has 1 unspecified atom stereocenters. The normalized spacial score (nSPS) is 25.4. The number of aliphatic hydroxyl groups excluding tert-OH is 1. The second-order valence-corrected chi connectivity index (χ2v) is 5.09. The highest BCUT2D eigenvalue weighted by molar-refractivity contribution is 5.77. The van der Waals surface area contributed by atoms with Crippen molar-refractivity contribution in [2.75, 3.05) is 19.8 Å². The maximum atomic E-state index is 12.2. The lowest BCUT2D eigenvalue weighted by molar-refractivity contribution is -0.136. The average Bonchev–Trinajstić information content (AvgIpc) is 2.97. The number of hydrogen-bond donors (Lipinski definition) is 1. The molecular weight excluding hydrogens is 218 g/mol. The first-order chi connectivity index (χ1) is 8.31. The fourth-order valence-corrected chi connectivity index (χ4v) is 2.95. The van der Waals surface area contributed by atoms with Gasteiger partial charge < -0.3 is 14.7 Å². The van der Waals surface area contributed by atoms with Gasteiger partial charge in [-0.15, -0.1) is 0 Å². The fraction of sp³-hybridized carbons (Fsp3) is 0.923. The highest BCUT2D eigenvalue weighted by Crippen LogP contribution is 2.25. The molecule has 0 spiro atoms. The molecule has 0 aromatic carbocycles. The maximum absolute atomic E-state index is 12.2. The number of carbonyl (C=O) groups is 1. The summed E-state index contributed by atoms with van der Waals surface area (Å²) in [6.07, 6.45) is 7.29. The van der Waals surface area contributed by atoms with Gasteiger partial charge in [-0.05, 0) is 25.7 Å². The van der Waals surface area contributed by atoms with Crippen LogP contribution in [0.5, 0.6) is 0 Å². The van der Waals surface area contributed by atoms with Gasteiger partial charge in [0.25, 0.3) is 0 Å². The summed E-state index contributed by atoms with van der Waals surface area (Å²) in [7, 11) is 0. The van der Waals surface area contributed by atoms with Crippen LogP contribution >= 0.6 is 0 Å². The zero-order valence-corrected chi connectivity index (χ0v) is 10.4. The summed E-state index contributed by atoms with van der Waals surface area (Å²) in [5.41, 5.74) is 0. The Labute approximate surface area is 103 Å². The molecule has 1 heterocycles. The third-order valence-corrected chi connectivity index (χ3v) is 3.85. The van der Waals surface area contributed by atoms with E-state index in [1.807, 2.05) is 4.90 Å². The molecule has 2 aliphatic rings. The van der Waals surface area contributed by atoms with Crippen LogP contribution in [-0.2, 0) is 9.53 Å². The van der Waals surface area contributed by atoms with Crippen molar-refractivity contribution in [2.45, 2.75) is 57.1 Å². The van der Waals surface area contributed by atoms with Crippen LogP contribution in [0.2, 0.25) is 0 Å². The number of ether oxygens (including phenoxy) is 1. The molecule has 1 N–H and O–H groups in total. The van der Waals surface area contributed by atoms with E-state index in [-0.39, 0.29) is 18.6 Å². The van der Waals surface area contributed by atoms with Crippen molar-refractivity contribution >= 4 is 5.91 Å². The van der Waals surface area contributed by atoms with E-state index in [9.17, 15) is 4.79 Å². The van der Waals surface area contributed by atoms with Gasteiger partial charge in [0.2, 0.25) is 5.91 Å². The number of hydrogen-bond acceptors (Lipinski definition) is 3. The smallest absolute Gasteiger partial charge is 0.225 e. The van der Waals surface area contributed by atoms with E-state index >= 15 is 0 Å². The zero-order chi connectivity index (χ0) is 12.1. The fourth-order valence-electron chi connectivity index (χ4n) is 2.95. The molecule has 1 saturated heterocycles. The van der Waals surface area contributed by atoms with E-state index in [4.69, 9.17) is 9.84 Å². The quantitative estimate of drug-likeness (QED) is 0.789. The van der Waals surface area contributed by atoms with Crippen molar-refractivity contribution in [1.29, 1.82) is 0 Å². The Kier molecular flexibility index (Phi) is 4.80. The van der Waals surface area contributed by atoms with E-state index in [1.54, 1.807) is 0 Å². The number of aliphatic hydroxyl groups is 1. The molecule has 17 heavy (non-hydrogen) atoms. The van der Waals surface area contributed by atoms with Gasteiger partial charge in [-0.2, -0.15) is 0 Å². The first-order valence-electron chi connectivity index (χ1n) is 6.83. The molecule has 1 atom stereocenters. The molecule has 2 rings (SSSR count). The standard InChI is InChI=1S/C13H23NO3/c15-8-7-14(11-4-1-2-5-11)13(16)10-12-6-3-9-17-12/h11-12,15H,1-10H2. The van der Waals surface area contributed by atoms with Gasteiger partial charge in [0.15, 0.2) is 0 Å². The lowest BCUT2D eigenvalue weighted by atomic mass is 10.1. The van der Waals surface area contributed by atoms with Gasteiger partial charge in [0.1, 0.15) is 0 Å². The van der Waals surface area contributed by atoms with Gasteiger partial charge in [0, 0.05) is 19.2 Å². The van der Waals surface area contributed by atoms with Gasteiger partial charge in [-0.25, -0.2) is 0 Å². The Hall–Kier alpha value is -0.610.